The van der Waals surface area contributed by atoms with Crippen LogP contribution in [0.25, 0.3) is 0 Å². The second kappa shape index (κ2) is 8.41. The fourth-order valence-corrected chi connectivity index (χ4v) is 5.72. The second-order valence-corrected chi connectivity index (χ2v) is 8.59. The lowest BCUT2D eigenvalue weighted by atomic mass is 9.54. The van der Waals surface area contributed by atoms with Crippen molar-refractivity contribution in [2.75, 3.05) is 0 Å². The number of fused-ring (bicyclic) bond motifs is 1. The Morgan fingerprint density at radius 3 is 2.44 bits per heavy atom. The van der Waals surface area contributed by atoms with Crippen LogP contribution in [-0.4, -0.2) is 18.4 Å². The van der Waals surface area contributed by atoms with Gasteiger partial charge in [-0.15, -0.1) is 0 Å². The van der Waals surface area contributed by atoms with Gasteiger partial charge in [-0.25, -0.2) is 4.79 Å². The second-order valence-electron chi connectivity index (χ2n) is 8.59. The molecule has 3 nitrogen and oxygen atoms in total. The van der Waals surface area contributed by atoms with Crippen LogP contribution in [0.3, 0.4) is 0 Å². The molecule has 2 aliphatic rings. The average molecular weight is 369 g/mol. The summed E-state index contributed by atoms with van der Waals surface area (Å²) in [7, 11) is 0. The monoisotopic (exact) mass is 368 g/mol. The van der Waals surface area contributed by atoms with Crippen molar-refractivity contribution in [2.24, 2.45) is 35.5 Å². The van der Waals surface area contributed by atoms with Crippen molar-refractivity contribution in [3.8, 4) is 0 Å². The Morgan fingerprint density at radius 1 is 1.11 bits per heavy atom. The minimum atomic E-state index is -0.240. The molecule has 2 aliphatic carbocycles. The maximum atomic E-state index is 12.6. The Bertz CT molecular complexity index is 693. The number of benzene rings is 1. The van der Waals surface area contributed by atoms with Gasteiger partial charge in [0.25, 0.3) is 0 Å². The van der Waals surface area contributed by atoms with E-state index in [0.29, 0.717) is 29.2 Å². The lowest BCUT2D eigenvalue weighted by Gasteiger charge is -2.52. The molecule has 27 heavy (non-hydrogen) atoms. The Hall–Kier alpha value is -1.90. The molecule has 0 spiro atoms. The van der Waals surface area contributed by atoms with Gasteiger partial charge >= 0.3 is 5.97 Å². The van der Waals surface area contributed by atoms with E-state index in [-0.39, 0.29) is 23.9 Å². The first-order valence-electron chi connectivity index (χ1n) is 10.3. The first kappa shape index (κ1) is 19.9. The van der Waals surface area contributed by atoms with E-state index in [2.05, 4.69) is 33.8 Å². The highest BCUT2D eigenvalue weighted by Crippen LogP contribution is 2.52. The molecule has 2 fully saturated rings. The molecule has 3 heteroatoms. The van der Waals surface area contributed by atoms with Crippen LogP contribution in [0.5, 0.6) is 0 Å². The summed E-state index contributed by atoms with van der Waals surface area (Å²) in [6.07, 6.45) is 6.17. The van der Waals surface area contributed by atoms with Crippen molar-refractivity contribution in [3.05, 3.63) is 47.5 Å². The van der Waals surface area contributed by atoms with Crippen molar-refractivity contribution in [1.82, 2.24) is 0 Å². The van der Waals surface area contributed by atoms with Gasteiger partial charge < -0.3 is 9.53 Å². The summed E-state index contributed by atoms with van der Waals surface area (Å²) in [6.45, 7) is 8.73. The molecule has 0 heterocycles. The summed E-state index contributed by atoms with van der Waals surface area (Å²) in [6, 6.07) is 9.22. The van der Waals surface area contributed by atoms with Gasteiger partial charge in [0.2, 0.25) is 0 Å². The third-order valence-electron chi connectivity index (χ3n) is 7.06. The van der Waals surface area contributed by atoms with Gasteiger partial charge in [0.1, 0.15) is 12.4 Å². The van der Waals surface area contributed by atoms with Crippen molar-refractivity contribution in [1.29, 1.82) is 0 Å². The molecule has 0 amide bonds. The Balaban J connectivity index is 1.84. The van der Waals surface area contributed by atoms with Crippen LogP contribution in [0.15, 0.2) is 42.0 Å². The molecule has 0 saturated heterocycles. The van der Waals surface area contributed by atoms with Gasteiger partial charge in [0, 0.05) is 11.8 Å². The summed E-state index contributed by atoms with van der Waals surface area (Å²) < 4.78 is 5.99. The molecule has 0 bridgehead atoms. The molecule has 1 aromatic carbocycles. The quantitative estimate of drug-likeness (QED) is 0.411. The van der Waals surface area contributed by atoms with E-state index in [9.17, 15) is 9.59 Å². The van der Waals surface area contributed by atoms with E-state index in [4.69, 9.17) is 4.74 Å². The van der Waals surface area contributed by atoms with Gasteiger partial charge in [-0.1, -0.05) is 43.7 Å². The number of hydrogen-bond donors (Lipinski definition) is 0. The third kappa shape index (κ3) is 3.88. The standard InChI is InChI=1S/C24H32O3/c1-5-15(2)22-17(4)13-19-21(12-11-16(3)23(19)20(22)14-25)27-24(26)18-9-7-6-8-10-18/h5-10,14,16-17,19-23H,11-13H2,1-4H3/b15-5+/t16-,17+,19-,20+,21-,22+,23+/m0/s1. The Kier molecular flexibility index (Phi) is 6.18. The molecule has 0 aliphatic heterocycles. The number of esters is 1. The largest absolute Gasteiger partial charge is 0.458 e. The number of allylic oxidation sites excluding steroid dienone is 2. The fraction of sp³-hybridized carbons (Fsp3) is 0.583. The Labute approximate surface area is 163 Å². The molecule has 2 saturated carbocycles. The van der Waals surface area contributed by atoms with Gasteiger partial charge in [0.15, 0.2) is 0 Å². The zero-order valence-corrected chi connectivity index (χ0v) is 16.9. The van der Waals surface area contributed by atoms with Crippen LogP contribution < -0.4 is 0 Å². The van der Waals surface area contributed by atoms with Crippen LogP contribution in [-0.2, 0) is 9.53 Å². The van der Waals surface area contributed by atoms with Gasteiger partial charge in [0.05, 0.1) is 5.56 Å². The fourth-order valence-electron chi connectivity index (χ4n) is 5.72. The zero-order chi connectivity index (χ0) is 19.6. The summed E-state index contributed by atoms with van der Waals surface area (Å²) in [4.78, 5) is 24.8. The van der Waals surface area contributed by atoms with Crippen LogP contribution in [0.1, 0.15) is 57.3 Å². The highest BCUT2D eigenvalue weighted by atomic mass is 16.5. The lowest BCUT2D eigenvalue weighted by molar-refractivity contribution is -0.126. The molecule has 7 atom stereocenters. The molecular formula is C24H32O3. The van der Waals surface area contributed by atoms with Crippen LogP contribution in [0.4, 0.5) is 0 Å². The smallest absolute Gasteiger partial charge is 0.338 e. The first-order chi connectivity index (χ1) is 13.0. The molecule has 0 aromatic heterocycles. The van der Waals surface area contributed by atoms with E-state index in [1.807, 2.05) is 18.2 Å². The third-order valence-corrected chi connectivity index (χ3v) is 7.06. The number of aldehydes is 1. The minimum Gasteiger partial charge on any atom is -0.458 e. The number of carbonyl (C=O) groups is 2. The number of ether oxygens (including phenoxy) is 1. The maximum Gasteiger partial charge on any atom is 0.338 e. The van der Waals surface area contributed by atoms with E-state index < -0.39 is 0 Å². The molecule has 0 N–H and O–H groups in total. The summed E-state index contributed by atoms with van der Waals surface area (Å²) >= 11 is 0. The zero-order valence-electron chi connectivity index (χ0n) is 16.9. The molecular weight excluding hydrogens is 336 g/mol. The van der Waals surface area contributed by atoms with E-state index in [0.717, 1.165) is 19.3 Å². The first-order valence-corrected chi connectivity index (χ1v) is 10.3. The normalized spacial score (nSPS) is 36.6. The van der Waals surface area contributed by atoms with Gasteiger partial charge in [-0.2, -0.15) is 0 Å². The van der Waals surface area contributed by atoms with Crippen molar-refractivity contribution in [3.63, 3.8) is 0 Å². The van der Waals surface area contributed by atoms with Crippen LogP contribution in [0.2, 0.25) is 0 Å². The van der Waals surface area contributed by atoms with Gasteiger partial charge in [-0.3, -0.25) is 0 Å². The summed E-state index contributed by atoms with van der Waals surface area (Å²) in [5, 5.41) is 0. The van der Waals surface area contributed by atoms with Crippen LogP contribution in [0, 0.1) is 35.5 Å². The minimum absolute atomic E-state index is 0.0168. The van der Waals surface area contributed by atoms with Gasteiger partial charge in [-0.05, 0) is 68.9 Å². The number of hydrogen-bond acceptors (Lipinski definition) is 3. The number of rotatable bonds is 4. The van der Waals surface area contributed by atoms with Crippen LogP contribution >= 0.6 is 0 Å². The molecule has 1 aromatic rings. The molecule has 0 radical (unpaired) electrons. The summed E-state index contributed by atoms with van der Waals surface area (Å²) in [5.41, 5.74) is 1.92. The highest BCUT2D eigenvalue weighted by molar-refractivity contribution is 5.89. The molecule has 0 unspecified atom stereocenters. The predicted molar refractivity (Wildman–Crippen MR) is 107 cm³/mol. The highest BCUT2D eigenvalue weighted by Gasteiger charge is 2.50. The predicted octanol–water partition coefficient (Wildman–Crippen LogP) is 5.31. The topological polar surface area (TPSA) is 43.4 Å². The van der Waals surface area contributed by atoms with E-state index in [1.165, 1.54) is 11.9 Å². The average Bonchev–Trinajstić information content (AvgIpc) is 2.69. The van der Waals surface area contributed by atoms with Crippen molar-refractivity contribution in [2.45, 2.75) is 53.1 Å². The van der Waals surface area contributed by atoms with E-state index in [1.54, 1.807) is 12.1 Å². The van der Waals surface area contributed by atoms with Crippen molar-refractivity contribution < 1.29 is 14.3 Å². The lowest BCUT2D eigenvalue weighted by Crippen LogP contribution is -2.51. The SMILES string of the molecule is C/C=C(\C)[C@H]1[C@@H](C=O)[C@H]2[C@@H](C[C@H]1C)[C@@H](OC(=O)c1ccccc1)CC[C@@H]2C. The molecule has 3 rings (SSSR count). The Morgan fingerprint density at radius 2 is 1.81 bits per heavy atom. The molecule has 146 valence electrons. The summed E-state index contributed by atoms with van der Waals surface area (Å²) in [5.74, 6) is 1.55. The van der Waals surface area contributed by atoms with Crippen molar-refractivity contribution >= 4 is 12.3 Å². The van der Waals surface area contributed by atoms with E-state index >= 15 is 0 Å². The maximum absolute atomic E-state index is 12.6. The number of carbonyl (C=O) groups excluding carboxylic acids is 2.